The van der Waals surface area contributed by atoms with Crippen molar-refractivity contribution in [3.05, 3.63) is 22.7 Å². The Bertz CT molecular complexity index is 521. The SMILES string of the molecule is O=C1C[NH+](Cc2cc(Cl)c3c(c2)OCCCO3)CCN1. The fourth-order valence-corrected chi connectivity index (χ4v) is 2.87. The number of piperazine rings is 1. The quantitative estimate of drug-likeness (QED) is 0.809. The minimum atomic E-state index is 0.103. The number of nitrogens with one attached hydrogen (secondary N) is 2. The molecule has 0 bridgehead atoms. The normalized spacial score (nSPS) is 22.1. The minimum absolute atomic E-state index is 0.103. The lowest BCUT2D eigenvalue weighted by atomic mass is 10.1. The van der Waals surface area contributed by atoms with E-state index in [9.17, 15) is 4.79 Å². The molecule has 1 fully saturated rings. The number of carbonyl (C=O) groups is 1. The van der Waals surface area contributed by atoms with Crippen LogP contribution < -0.4 is 19.7 Å². The lowest BCUT2D eigenvalue weighted by Gasteiger charge is -2.24. The molecule has 108 valence electrons. The molecule has 1 atom stereocenters. The number of amides is 1. The van der Waals surface area contributed by atoms with E-state index in [0.717, 1.165) is 31.6 Å². The predicted molar refractivity (Wildman–Crippen MR) is 74.5 cm³/mol. The summed E-state index contributed by atoms with van der Waals surface area (Å²) in [5.74, 6) is 1.46. The van der Waals surface area contributed by atoms with Crippen molar-refractivity contribution in [1.29, 1.82) is 0 Å². The van der Waals surface area contributed by atoms with Crippen LogP contribution in [0.25, 0.3) is 0 Å². The van der Waals surface area contributed by atoms with Crippen molar-refractivity contribution in [3.8, 4) is 11.5 Å². The van der Waals surface area contributed by atoms with Crippen LogP contribution in [0.2, 0.25) is 5.02 Å². The van der Waals surface area contributed by atoms with E-state index >= 15 is 0 Å². The Balaban J connectivity index is 1.78. The van der Waals surface area contributed by atoms with E-state index < -0.39 is 0 Å². The molecule has 5 nitrogen and oxygen atoms in total. The lowest BCUT2D eigenvalue weighted by molar-refractivity contribution is -0.907. The van der Waals surface area contributed by atoms with Gasteiger partial charge in [-0.3, -0.25) is 4.79 Å². The van der Waals surface area contributed by atoms with Crippen molar-refractivity contribution in [1.82, 2.24) is 5.32 Å². The molecule has 2 aliphatic rings. The smallest absolute Gasteiger partial charge is 0.275 e. The van der Waals surface area contributed by atoms with Crippen molar-refractivity contribution in [2.24, 2.45) is 0 Å². The van der Waals surface area contributed by atoms with Gasteiger partial charge in [-0.05, 0) is 12.1 Å². The Morgan fingerprint density at radius 2 is 2.15 bits per heavy atom. The van der Waals surface area contributed by atoms with E-state index in [1.165, 1.54) is 4.90 Å². The summed E-state index contributed by atoms with van der Waals surface area (Å²) in [6, 6.07) is 3.89. The van der Waals surface area contributed by atoms with Gasteiger partial charge in [0.25, 0.3) is 5.91 Å². The number of halogens is 1. The molecule has 1 aromatic carbocycles. The van der Waals surface area contributed by atoms with Crippen LogP contribution in [-0.2, 0) is 11.3 Å². The van der Waals surface area contributed by atoms with E-state index in [1.807, 2.05) is 12.1 Å². The zero-order chi connectivity index (χ0) is 13.9. The number of quaternary nitrogens is 1. The fraction of sp³-hybridized carbons (Fsp3) is 0.500. The summed E-state index contributed by atoms with van der Waals surface area (Å²) in [6.07, 6.45) is 0.859. The van der Waals surface area contributed by atoms with Gasteiger partial charge in [0.05, 0.1) is 31.3 Å². The van der Waals surface area contributed by atoms with Crippen molar-refractivity contribution in [2.45, 2.75) is 13.0 Å². The number of hydrogen-bond donors (Lipinski definition) is 2. The zero-order valence-electron chi connectivity index (χ0n) is 11.2. The summed E-state index contributed by atoms with van der Waals surface area (Å²) in [7, 11) is 0. The van der Waals surface area contributed by atoms with Gasteiger partial charge in [0.15, 0.2) is 18.0 Å². The van der Waals surface area contributed by atoms with Gasteiger partial charge in [0.2, 0.25) is 0 Å². The second-order valence-electron chi connectivity index (χ2n) is 5.16. The van der Waals surface area contributed by atoms with Gasteiger partial charge in [-0.2, -0.15) is 0 Å². The summed E-state index contributed by atoms with van der Waals surface area (Å²) in [5, 5.41) is 3.42. The molecule has 1 aromatic rings. The van der Waals surface area contributed by atoms with Crippen LogP contribution in [-0.4, -0.2) is 38.8 Å². The van der Waals surface area contributed by atoms with Crippen LogP contribution in [0.5, 0.6) is 11.5 Å². The van der Waals surface area contributed by atoms with Crippen LogP contribution >= 0.6 is 11.6 Å². The molecule has 0 spiro atoms. The summed E-state index contributed by atoms with van der Waals surface area (Å²) >= 11 is 6.27. The number of fused-ring (bicyclic) bond motifs is 1. The standard InChI is InChI=1S/C14H17ClN2O3/c15-11-6-10(8-17-3-2-16-13(18)9-17)7-12-14(11)20-5-1-4-19-12/h6-7H,1-5,8-9H2,(H,16,18)/p+1. The maximum atomic E-state index is 11.4. The Hall–Kier alpha value is -1.46. The molecule has 2 aliphatic heterocycles. The van der Waals surface area contributed by atoms with Crippen LogP contribution in [0.15, 0.2) is 12.1 Å². The molecule has 0 radical (unpaired) electrons. The summed E-state index contributed by atoms with van der Waals surface area (Å²) in [6.45, 7) is 4.20. The molecule has 0 saturated carbocycles. The van der Waals surface area contributed by atoms with Crippen LogP contribution in [0.3, 0.4) is 0 Å². The third kappa shape index (κ3) is 2.99. The van der Waals surface area contributed by atoms with Crippen LogP contribution in [0, 0.1) is 0 Å². The Kier molecular flexibility index (Phi) is 3.98. The number of carbonyl (C=O) groups excluding carboxylic acids is 1. The third-order valence-electron chi connectivity index (χ3n) is 3.53. The maximum Gasteiger partial charge on any atom is 0.275 e. The molecule has 0 aliphatic carbocycles. The molecule has 1 amide bonds. The average molecular weight is 298 g/mol. The molecule has 0 aromatic heterocycles. The Morgan fingerprint density at radius 3 is 3.00 bits per heavy atom. The summed E-state index contributed by atoms with van der Waals surface area (Å²) in [4.78, 5) is 12.6. The van der Waals surface area contributed by atoms with Crippen molar-refractivity contribution < 1.29 is 19.2 Å². The highest BCUT2D eigenvalue weighted by molar-refractivity contribution is 6.32. The first kappa shape index (κ1) is 13.5. The topological polar surface area (TPSA) is 52.0 Å². The first-order valence-corrected chi connectivity index (χ1v) is 7.28. The lowest BCUT2D eigenvalue weighted by Crippen LogP contribution is -3.14. The van der Waals surface area contributed by atoms with Crippen molar-refractivity contribution in [2.75, 3.05) is 32.8 Å². The van der Waals surface area contributed by atoms with E-state index in [0.29, 0.717) is 36.3 Å². The first-order valence-electron chi connectivity index (χ1n) is 6.90. The average Bonchev–Trinajstić information content (AvgIpc) is 2.64. The molecular weight excluding hydrogens is 280 g/mol. The highest BCUT2D eigenvalue weighted by Crippen LogP contribution is 2.37. The maximum absolute atomic E-state index is 11.4. The van der Waals surface area contributed by atoms with Gasteiger partial charge in [0, 0.05) is 12.0 Å². The fourth-order valence-electron chi connectivity index (χ4n) is 2.58. The molecule has 2 N–H and O–H groups in total. The van der Waals surface area contributed by atoms with E-state index in [2.05, 4.69) is 5.32 Å². The van der Waals surface area contributed by atoms with Gasteiger partial charge >= 0.3 is 0 Å². The van der Waals surface area contributed by atoms with Crippen LogP contribution in [0.1, 0.15) is 12.0 Å². The monoisotopic (exact) mass is 297 g/mol. The van der Waals surface area contributed by atoms with Gasteiger partial charge in [-0.25, -0.2) is 0 Å². The minimum Gasteiger partial charge on any atom is -0.489 e. The highest BCUT2D eigenvalue weighted by Gasteiger charge is 2.22. The largest absolute Gasteiger partial charge is 0.489 e. The molecule has 6 heteroatoms. The molecule has 1 unspecified atom stereocenters. The highest BCUT2D eigenvalue weighted by atomic mass is 35.5. The van der Waals surface area contributed by atoms with Gasteiger partial charge in [-0.1, -0.05) is 11.6 Å². The number of benzene rings is 1. The second kappa shape index (κ2) is 5.89. The van der Waals surface area contributed by atoms with Gasteiger partial charge in [0.1, 0.15) is 6.54 Å². The summed E-state index contributed by atoms with van der Waals surface area (Å²) < 4.78 is 11.3. The molecule has 3 rings (SSSR count). The van der Waals surface area contributed by atoms with E-state index in [4.69, 9.17) is 21.1 Å². The Labute approximate surface area is 122 Å². The number of hydrogen-bond acceptors (Lipinski definition) is 3. The number of rotatable bonds is 2. The molecule has 20 heavy (non-hydrogen) atoms. The predicted octanol–water partition coefficient (Wildman–Crippen LogP) is 0.0160. The zero-order valence-corrected chi connectivity index (χ0v) is 12.0. The van der Waals surface area contributed by atoms with E-state index in [1.54, 1.807) is 0 Å². The first-order chi connectivity index (χ1) is 9.72. The third-order valence-corrected chi connectivity index (χ3v) is 3.81. The van der Waals surface area contributed by atoms with Gasteiger partial charge in [-0.15, -0.1) is 0 Å². The van der Waals surface area contributed by atoms with Crippen molar-refractivity contribution >= 4 is 17.5 Å². The molecule has 2 heterocycles. The molecule has 1 saturated heterocycles. The van der Waals surface area contributed by atoms with E-state index in [-0.39, 0.29) is 5.91 Å². The Morgan fingerprint density at radius 1 is 1.30 bits per heavy atom. The second-order valence-corrected chi connectivity index (χ2v) is 5.57. The van der Waals surface area contributed by atoms with Crippen molar-refractivity contribution in [3.63, 3.8) is 0 Å². The number of ether oxygens (including phenoxy) is 2. The van der Waals surface area contributed by atoms with Gasteiger partial charge < -0.3 is 19.7 Å². The van der Waals surface area contributed by atoms with Crippen LogP contribution in [0.4, 0.5) is 0 Å². The summed E-state index contributed by atoms with van der Waals surface area (Å²) in [5.41, 5.74) is 1.07. The molecular formula is C14H18ClN2O3+.